The number of aromatic hydroxyl groups is 1. The summed E-state index contributed by atoms with van der Waals surface area (Å²) in [5, 5.41) is 10.6. The van der Waals surface area contributed by atoms with Crippen molar-refractivity contribution in [3.63, 3.8) is 0 Å². The largest absolute Gasteiger partial charge is 0.504 e. The molecule has 0 aromatic heterocycles. The van der Waals surface area contributed by atoms with Crippen molar-refractivity contribution in [1.29, 1.82) is 0 Å². The lowest BCUT2D eigenvalue weighted by Crippen LogP contribution is -2.65. The molecule has 3 heterocycles. The van der Waals surface area contributed by atoms with Gasteiger partial charge in [-0.1, -0.05) is 25.1 Å². The summed E-state index contributed by atoms with van der Waals surface area (Å²) in [6.07, 6.45) is 3.62. The van der Waals surface area contributed by atoms with Crippen LogP contribution in [0, 0.1) is 11.8 Å². The van der Waals surface area contributed by atoms with E-state index in [4.69, 9.17) is 23.7 Å². The molecule has 5 aliphatic rings. The first-order chi connectivity index (χ1) is 19.5. The van der Waals surface area contributed by atoms with Crippen molar-refractivity contribution in [3.8, 4) is 11.5 Å². The van der Waals surface area contributed by atoms with E-state index in [0.29, 0.717) is 11.8 Å². The Kier molecular flexibility index (Phi) is 7.27. The zero-order valence-electron chi connectivity index (χ0n) is 23.9. The van der Waals surface area contributed by atoms with Gasteiger partial charge in [-0.25, -0.2) is 0 Å². The summed E-state index contributed by atoms with van der Waals surface area (Å²) < 4.78 is 29.9. The van der Waals surface area contributed by atoms with Gasteiger partial charge in [-0.15, -0.1) is 11.8 Å². The molecule has 1 N–H and O–H groups in total. The van der Waals surface area contributed by atoms with Gasteiger partial charge in [0, 0.05) is 49.6 Å². The lowest BCUT2D eigenvalue weighted by Gasteiger charge is -2.57. The van der Waals surface area contributed by atoms with Crippen LogP contribution >= 0.6 is 11.8 Å². The quantitative estimate of drug-likeness (QED) is 0.300. The molecule has 2 fully saturated rings. The van der Waals surface area contributed by atoms with Gasteiger partial charge < -0.3 is 33.7 Å². The van der Waals surface area contributed by atoms with Crippen LogP contribution in [0.3, 0.4) is 0 Å². The third-order valence-electron chi connectivity index (χ3n) is 9.48. The topological polar surface area (TPSA) is 121 Å². The number of benzene rings is 1. The fourth-order valence-corrected chi connectivity index (χ4v) is 9.22. The number of ether oxygens (including phenoxy) is 5. The number of phenolic OH excluding ortho intramolecular Hbond substituents is 1. The van der Waals surface area contributed by atoms with Crippen molar-refractivity contribution in [2.45, 2.75) is 87.1 Å². The Bertz CT molecular complexity index is 1280. The third kappa shape index (κ3) is 4.60. The molecular formula is C30H37NO9S. The Balaban J connectivity index is 1.36. The van der Waals surface area contributed by atoms with Crippen molar-refractivity contribution in [2.75, 3.05) is 20.2 Å². The second-order valence-electron chi connectivity index (χ2n) is 11.9. The van der Waals surface area contributed by atoms with E-state index in [1.807, 2.05) is 13.0 Å². The molecule has 41 heavy (non-hydrogen) atoms. The van der Waals surface area contributed by atoms with Gasteiger partial charge in [-0.05, 0) is 38.1 Å². The maximum atomic E-state index is 12.2. The molecule has 0 saturated carbocycles. The molecule has 2 aliphatic carbocycles. The molecule has 1 aromatic rings. The summed E-state index contributed by atoms with van der Waals surface area (Å²) in [5.74, 6) is -0.955. The number of likely N-dealkylation sites (N-methyl/N-ethyl adjacent to an activating group) is 1. The molecule has 3 aliphatic heterocycles. The minimum Gasteiger partial charge on any atom is -0.504 e. The predicted molar refractivity (Wildman–Crippen MR) is 149 cm³/mol. The van der Waals surface area contributed by atoms with Gasteiger partial charge in [-0.2, -0.15) is 0 Å². The zero-order valence-corrected chi connectivity index (χ0v) is 24.7. The maximum absolute atomic E-state index is 12.2. The van der Waals surface area contributed by atoms with Gasteiger partial charge >= 0.3 is 17.9 Å². The van der Waals surface area contributed by atoms with Crippen LogP contribution in [0.1, 0.15) is 45.2 Å². The molecular weight excluding hydrogens is 550 g/mol. The highest BCUT2D eigenvalue weighted by Crippen LogP contribution is 2.63. The monoisotopic (exact) mass is 587 g/mol. The second-order valence-corrected chi connectivity index (χ2v) is 13.2. The Morgan fingerprint density at radius 2 is 1.83 bits per heavy atom. The van der Waals surface area contributed by atoms with Gasteiger partial charge in [0.1, 0.15) is 24.3 Å². The Hall–Kier alpha value is -2.76. The molecule has 2 bridgehead atoms. The van der Waals surface area contributed by atoms with E-state index in [0.717, 1.165) is 24.9 Å². The number of likely N-dealkylation sites (tertiary alicyclic amines) is 1. The SMILES string of the molecule is CC(=O)OC[C@H]1OC(S[C@@H]2C=CC3[C@H]4Cc5ccc(O)c6c5[C@@]3(CCN4C)C2O6)[C@H](OC(C)=O)[C@@H](OC(C)=O)[C@@H]1C. The number of rotatable bonds is 6. The number of hydrogen-bond donors (Lipinski definition) is 1. The average molecular weight is 588 g/mol. The summed E-state index contributed by atoms with van der Waals surface area (Å²) in [6.45, 7) is 6.66. The lowest BCUT2D eigenvalue weighted by atomic mass is 9.53. The first kappa shape index (κ1) is 28.4. The van der Waals surface area contributed by atoms with Crippen molar-refractivity contribution < 1.29 is 43.2 Å². The maximum Gasteiger partial charge on any atom is 0.303 e. The van der Waals surface area contributed by atoms with E-state index in [1.54, 1.807) is 6.07 Å². The van der Waals surface area contributed by atoms with E-state index >= 15 is 0 Å². The Morgan fingerprint density at radius 1 is 1.10 bits per heavy atom. The number of carbonyl (C=O) groups excluding carboxylic acids is 3. The summed E-state index contributed by atoms with van der Waals surface area (Å²) in [6, 6.07) is 4.07. The Morgan fingerprint density at radius 3 is 2.54 bits per heavy atom. The van der Waals surface area contributed by atoms with Crippen LogP contribution in [0.4, 0.5) is 0 Å². The van der Waals surface area contributed by atoms with Gasteiger partial charge in [0.25, 0.3) is 0 Å². The minimum atomic E-state index is -0.891. The van der Waals surface area contributed by atoms with Crippen molar-refractivity contribution in [2.24, 2.45) is 11.8 Å². The molecule has 10 nitrogen and oxygen atoms in total. The zero-order chi connectivity index (χ0) is 29.2. The van der Waals surface area contributed by atoms with Crippen LogP contribution in [0.15, 0.2) is 24.3 Å². The van der Waals surface area contributed by atoms with E-state index in [1.165, 1.54) is 38.1 Å². The van der Waals surface area contributed by atoms with Gasteiger partial charge in [0.15, 0.2) is 17.6 Å². The molecule has 1 spiro atoms. The molecule has 11 heteroatoms. The van der Waals surface area contributed by atoms with Crippen molar-refractivity contribution >= 4 is 29.7 Å². The normalized spacial score (nSPS) is 38.4. The highest BCUT2D eigenvalue weighted by molar-refractivity contribution is 8.00. The lowest BCUT2D eigenvalue weighted by molar-refractivity contribution is -0.213. The van der Waals surface area contributed by atoms with Crippen LogP contribution in [0.5, 0.6) is 11.5 Å². The van der Waals surface area contributed by atoms with E-state index in [2.05, 4.69) is 24.1 Å². The number of phenols is 1. The standard InChI is InChI=1S/C30H37NO9S/c1-14-22(13-36-15(2)32)39-29(27(38-17(4)34)25(14)37-16(3)33)41-23-9-7-19-20-12-18-6-8-21(35)26-24(18)30(19,28(23)40-26)10-11-31(20)5/h6-9,14,19-20,22-23,25,27-29,35H,10-13H2,1-5H3/t14-,19?,20-,22-,23-,25+,27-,28?,29?,30+/m1/s1. The number of nitrogens with zero attached hydrogens (tertiary/aromatic N) is 1. The summed E-state index contributed by atoms with van der Waals surface area (Å²) >= 11 is 1.45. The third-order valence-corrected chi connectivity index (χ3v) is 10.8. The number of carbonyl (C=O) groups is 3. The van der Waals surface area contributed by atoms with Crippen molar-refractivity contribution in [3.05, 3.63) is 35.4 Å². The fraction of sp³-hybridized carbons (Fsp3) is 0.633. The summed E-state index contributed by atoms with van der Waals surface area (Å²) in [7, 11) is 2.17. The first-order valence-electron chi connectivity index (χ1n) is 14.2. The summed E-state index contributed by atoms with van der Waals surface area (Å²) in [5.41, 5.74) is 1.28. The van der Waals surface area contributed by atoms with Gasteiger partial charge in [-0.3, -0.25) is 14.4 Å². The van der Waals surface area contributed by atoms with E-state index < -0.39 is 47.6 Å². The molecule has 2 saturated heterocycles. The molecule has 6 rings (SSSR count). The smallest absolute Gasteiger partial charge is 0.303 e. The van der Waals surface area contributed by atoms with Gasteiger partial charge in [0.2, 0.25) is 0 Å². The number of thioether (sulfide) groups is 1. The molecule has 10 atom stereocenters. The number of piperidine rings is 1. The summed E-state index contributed by atoms with van der Waals surface area (Å²) in [4.78, 5) is 38.4. The molecule has 0 radical (unpaired) electrons. The molecule has 0 amide bonds. The second kappa shape index (κ2) is 10.5. The van der Waals surface area contributed by atoms with E-state index in [-0.39, 0.29) is 35.0 Å². The molecule has 222 valence electrons. The number of hydrogen-bond acceptors (Lipinski definition) is 11. The van der Waals surface area contributed by atoms with Gasteiger partial charge in [0.05, 0.1) is 11.4 Å². The number of esters is 3. The molecule has 1 aromatic carbocycles. The first-order valence-corrected chi connectivity index (χ1v) is 15.1. The average Bonchev–Trinajstić information content (AvgIpc) is 3.26. The fourth-order valence-electron chi connectivity index (χ4n) is 7.71. The van der Waals surface area contributed by atoms with E-state index in [9.17, 15) is 19.5 Å². The highest BCUT2D eigenvalue weighted by atomic mass is 32.2. The van der Waals surface area contributed by atoms with Crippen LogP contribution in [0.2, 0.25) is 0 Å². The van der Waals surface area contributed by atoms with Crippen LogP contribution in [0.25, 0.3) is 0 Å². The minimum absolute atomic E-state index is 0.0265. The van der Waals surface area contributed by atoms with Crippen LogP contribution < -0.4 is 4.74 Å². The Labute approximate surface area is 243 Å². The van der Waals surface area contributed by atoms with Crippen LogP contribution in [-0.2, 0) is 45.2 Å². The highest BCUT2D eigenvalue weighted by Gasteiger charge is 2.65. The van der Waals surface area contributed by atoms with Crippen molar-refractivity contribution in [1.82, 2.24) is 4.90 Å². The predicted octanol–water partition coefficient (Wildman–Crippen LogP) is 2.73. The molecule has 3 unspecified atom stereocenters. The van der Waals surface area contributed by atoms with Crippen LogP contribution in [-0.4, -0.2) is 89.3 Å².